The van der Waals surface area contributed by atoms with Crippen LogP contribution in [-0.2, 0) is 14.8 Å². The van der Waals surface area contributed by atoms with Crippen molar-refractivity contribution in [3.05, 3.63) is 14.7 Å². The minimum atomic E-state index is -3.63. The standard InChI is InChI=1S/C11H17BrN2O3S2/c1-7(2)5-13-11(15)6-14-19(16,17)9-4-10(12)18-8(9)3/h4,7,14H,5-6H2,1-3H3,(H,13,15). The van der Waals surface area contributed by atoms with Gasteiger partial charge < -0.3 is 5.32 Å². The molecule has 0 atom stereocenters. The normalized spacial score (nSPS) is 11.8. The predicted octanol–water partition coefficient (Wildman–Crippen LogP) is 1.87. The summed E-state index contributed by atoms with van der Waals surface area (Å²) in [5.41, 5.74) is 0. The molecular weight excluding hydrogens is 352 g/mol. The van der Waals surface area contributed by atoms with Crippen molar-refractivity contribution in [1.29, 1.82) is 0 Å². The van der Waals surface area contributed by atoms with Gasteiger partial charge in [-0.3, -0.25) is 4.79 Å². The fourth-order valence-electron chi connectivity index (χ4n) is 1.32. The van der Waals surface area contributed by atoms with Crippen molar-refractivity contribution in [3.8, 4) is 0 Å². The number of carbonyl (C=O) groups excluding carboxylic acids is 1. The van der Waals surface area contributed by atoms with Crippen LogP contribution < -0.4 is 10.0 Å². The lowest BCUT2D eigenvalue weighted by molar-refractivity contribution is -0.120. The average Bonchev–Trinajstić information content (AvgIpc) is 2.64. The summed E-state index contributed by atoms with van der Waals surface area (Å²) >= 11 is 4.58. The van der Waals surface area contributed by atoms with Gasteiger partial charge in [-0.1, -0.05) is 13.8 Å². The third-order valence-corrected chi connectivity index (χ3v) is 5.47. The number of sulfonamides is 1. The number of carbonyl (C=O) groups is 1. The summed E-state index contributed by atoms with van der Waals surface area (Å²) < 4.78 is 27.1. The van der Waals surface area contributed by atoms with E-state index in [9.17, 15) is 13.2 Å². The highest BCUT2D eigenvalue weighted by molar-refractivity contribution is 9.11. The number of hydrogen-bond donors (Lipinski definition) is 2. The maximum absolute atomic E-state index is 12.0. The van der Waals surface area contributed by atoms with Crippen molar-refractivity contribution in [3.63, 3.8) is 0 Å². The van der Waals surface area contributed by atoms with E-state index in [1.165, 1.54) is 17.4 Å². The van der Waals surface area contributed by atoms with Gasteiger partial charge in [0.1, 0.15) is 0 Å². The van der Waals surface area contributed by atoms with E-state index in [-0.39, 0.29) is 17.3 Å². The van der Waals surface area contributed by atoms with Crippen molar-refractivity contribution < 1.29 is 13.2 Å². The lowest BCUT2D eigenvalue weighted by atomic mass is 10.2. The molecule has 2 N–H and O–H groups in total. The topological polar surface area (TPSA) is 75.3 Å². The molecule has 108 valence electrons. The molecular formula is C11H17BrN2O3S2. The molecule has 1 rings (SSSR count). The molecule has 5 nitrogen and oxygen atoms in total. The van der Waals surface area contributed by atoms with Crippen LogP contribution in [-0.4, -0.2) is 27.4 Å². The summed E-state index contributed by atoms with van der Waals surface area (Å²) in [6, 6.07) is 1.54. The first-order chi connectivity index (χ1) is 8.72. The number of hydrogen-bond acceptors (Lipinski definition) is 4. The van der Waals surface area contributed by atoms with Crippen molar-refractivity contribution in [2.75, 3.05) is 13.1 Å². The quantitative estimate of drug-likeness (QED) is 0.804. The molecule has 0 aliphatic heterocycles. The zero-order chi connectivity index (χ0) is 14.6. The monoisotopic (exact) mass is 368 g/mol. The smallest absolute Gasteiger partial charge is 0.242 e. The molecule has 0 radical (unpaired) electrons. The van der Waals surface area contributed by atoms with Crippen LogP contribution in [0, 0.1) is 12.8 Å². The Balaban J connectivity index is 2.61. The Morgan fingerprint density at radius 2 is 2.11 bits per heavy atom. The minimum absolute atomic E-state index is 0.209. The van der Waals surface area contributed by atoms with Crippen molar-refractivity contribution >= 4 is 43.2 Å². The van der Waals surface area contributed by atoms with Gasteiger partial charge in [-0.05, 0) is 34.8 Å². The van der Waals surface area contributed by atoms with Gasteiger partial charge >= 0.3 is 0 Å². The minimum Gasteiger partial charge on any atom is -0.355 e. The zero-order valence-corrected chi connectivity index (χ0v) is 14.2. The molecule has 1 amide bonds. The van der Waals surface area contributed by atoms with E-state index in [4.69, 9.17) is 0 Å². The van der Waals surface area contributed by atoms with Crippen molar-refractivity contribution in [2.24, 2.45) is 5.92 Å². The molecule has 1 aromatic rings. The summed E-state index contributed by atoms with van der Waals surface area (Å²) in [4.78, 5) is 12.4. The van der Waals surface area contributed by atoms with Crippen LogP contribution in [0.4, 0.5) is 0 Å². The highest BCUT2D eigenvalue weighted by Crippen LogP contribution is 2.29. The third kappa shape index (κ3) is 5.21. The Bertz CT molecular complexity index is 552. The molecule has 1 heterocycles. The van der Waals surface area contributed by atoms with Crippen LogP contribution in [0.15, 0.2) is 14.7 Å². The van der Waals surface area contributed by atoms with E-state index in [1.54, 1.807) is 6.92 Å². The molecule has 0 aliphatic rings. The van der Waals surface area contributed by atoms with Crippen molar-refractivity contribution in [2.45, 2.75) is 25.7 Å². The molecule has 0 bridgehead atoms. The summed E-state index contributed by atoms with van der Waals surface area (Å²) in [5, 5.41) is 2.65. The van der Waals surface area contributed by atoms with Crippen LogP contribution in [0.1, 0.15) is 18.7 Å². The first-order valence-electron chi connectivity index (χ1n) is 5.74. The second-order valence-electron chi connectivity index (χ2n) is 4.49. The van der Waals surface area contributed by atoms with Gasteiger partial charge in [0.2, 0.25) is 15.9 Å². The predicted molar refractivity (Wildman–Crippen MR) is 79.8 cm³/mol. The lowest BCUT2D eigenvalue weighted by Gasteiger charge is -2.09. The molecule has 1 aromatic heterocycles. The summed E-state index contributed by atoms with van der Waals surface area (Å²) in [6.45, 7) is 5.95. The van der Waals surface area contributed by atoms with E-state index in [2.05, 4.69) is 26.0 Å². The Morgan fingerprint density at radius 1 is 1.47 bits per heavy atom. The van der Waals surface area contributed by atoms with Crippen LogP contribution >= 0.6 is 27.3 Å². The first-order valence-corrected chi connectivity index (χ1v) is 8.84. The van der Waals surface area contributed by atoms with E-state index >= 15 is 0 Å². The molecule has 0 saturated heterocycles. The van der Waals surface area contributed by atoms with E-state index in [0.717, 1.165) is 3.79 Å². The molecule has 19 heavy (non-hydrogen) atoms. The fraction of sp³-hybridized carbons (Fsp3) is 0.545. The Morgan fingerprint density at radius 3 is 2.58 bits per heavy atom. The van der Waals surface area contributed by atoms with Gasteiger partial charge in [0.25, 0.3) is 0 Å². The summed E-state index contributed by atoms with van der Waals surface area (Å²) in [6.07, 6.45) is 0. The van der Waals surface area contributed by atoms with Gasteiger partial charge in [0.15, 0.2) is 0 Å². The number of rotatable bonds is 6. The average molecular weight is 369 g/mol. The molecule has 0 aliphatic carbocycles. The number of aryl methyl sites for hydroxylation is 1. The van der Waals surface area contributed by atoms with Crippen LogP contribution in [0.3, 0.4) is 0 Å². The number of nitrogens with one attached hydrogen (secondary N) is 2. The van der Waals surface area contributed by atoms with E-state index in [0.29, 0.717) is 17.3 Å². The molecule has 8 heteroatoms. The zero-order valence-electron chi connectivity index (χ0n) is 11.0. The molecule has 0 fully saturated rings. The van der Waals surface area contributed by atoms with E-state index in [1.807, 2.05) is 13.8 Å². The molecule has 0 unspecified atom stereocenters. The maximum Gasteiger partial charge on any atom is 0.242 e. The Kier molecular flexibility index (Phi) is 5.97. The lowest BCUT2D eigenvalue weighted by Crippen LogP contribution is -2.38. The second-order valence-corrected chi connectivity index (χ2v) is 8.86. The third-order valence-electron chi connectivity index (χ3n) is 2.26. The number of halogens is 1. The fourth-order valence-corrected chi connectivity index (χ4v) is 4.71. The van der Waals surface area contributed by atoms with Gasteiger partial charge in [-0.15, -0.1) is 11.3 Å². The van der Waals surface area contributed by atoms with Crippen LogP contribution in [0.2, 0.25) is 0 Å². The highest BCUT2D eigenvalue weighted by Gasteiger charge is 2.20. The first kappa shape index (κ1) is 16.6. The maximum atomic E-state index is 12.0. The van der Waals surface area contributed by atoms with Crippen LogP contribution in [0.5, 0.6) is 0 Å². The summed E-state index contributed by atoms with van der Waals surface area (Å²) in [7, 11) is -3.63. The largest absolute Gasteiger partial charge is 0.355 e. The van der Waals surface area contributed by atoms with Gasteiger partial charge in [0.05, 0.1) is 15.2 Å². The number of amides is 1. The van der Waals surface area contributed by atoms with Gasteiger partial charge in [-0.2, -0.15) is 0 Å². The van der Waals surface area contributed by atoms with E-state index < -0.39 is 10.0 Å². The number of thiophene rings is 1. The molecule has 0 spiro atoms. The summed E-state index contributed by atoms with van der Waals surface area (Å²) in [5.74, 6) is -0.000135. The van der Waals surface area contributed by atoms with Gasteiger partial charge in [-0.25, -0.2) is 13.1 Å². The molecule has 0 aromatic carbocycles. The van der Waals surface area contributed by atoms with Crippen LogP contribution in [0.25, 0.3) is 0 Å². The SMILES string of the molecule is Cc1sc(Br)cc1S(=O)(=O)NCC(=O)NCC(C)C. The Hall–Kier alpha value is -0.440. The van der Waals surface area contributed by atoms with Gasteiger partial charge in [0, 0.05) is 11.4 Å². The molecule has 0 saturated carbocycles. The Labute approximate surface area is 126 Å². The highest BCUT2D eigenvalue weighted by atomic mass is 79.9. The van der Waals surface area contributed by atoms with Crippen molar-refractivity contribution in [1.82, 2.24) is 10.0 Å². The second kappa shape index (κ2) is 6.83.